The molecule has 0 aromatic heterocycles. The first-order chi connectivity index (χ1) is 10.3. The Morgan fingerprint density at radius 1 is 1.05 bits per heavy atom. The van der Waals surface area contributed by atoms with Crippen LogP contribution >= 0.6 is 11.6 Å². The van der Waals surface area contributed by atoms with Gasteiger partial charge in [0.15, 0.2) is 11.6 Å². The fraction of sp³-hybridized carbons (Fsp3) is 0.333. The van der Waals surface area contributed by atoms with Crippen LogP contribution in [0.2, 0.25) is 5.02 Å². The van der Waals surface area contributed by atoms with Crippen molar-refractivity contribution in [1.82, 2.24) is 0 Å². The Bertz CT molecular complexity index is 618. The topological polar surface area (TPSA) is 18.5 Å². The van der Waals surface area contributed by atoms with Gasteiger partial charge in [0.2, 0.25) is 0 Å². The Morgan fingerprint density at radius 3 is 2.36 bits per heavy atom. The normalized spacial score (nSPS) is 11.5. The van der Waals surface area contributed by atoms with E-state index in [2.05, 4.69) is 20.8 Å². The fourth-order valence-corrected chi connectivity index (χ4v) is 1.95. The minimum absolute atomic E-state index is 0.0999. The largest absolute Gasteiger partial charge is 0.454 e. The molecule has 0 saturated heterocycles. The quantitative estimate of drug-likeness (QED) is 0.689. The molecule has 0 aliphatic carbocycles. The van der Waals surface area contributed by atoms with Gasteiger partial charge in [0, 0.05) is 5.02 Å². The summed E-state index contributed by atoms with van der Waals surface area (Å²) in [4.78, 5) is 0. The smallest absolute Gasteiger partial charge is 0.165 e. The predicted molar refractivity (Wildman–Crippen MR) is 87.0 cm³/mol. The Balaban J connectivity index is 2.05. The van der Waals surface area contributed by atoms with Crippen molar-refractivity contribution in [3.8, 4) is 11.5 Å². The van der Waals surface area contributed by atoms with Crippen LogP contribution in [-0.4, -0.2) is 6.61 Å². The van der Waals surface area contributed by atoms with Crippen LogP contribution in [0, 0.1) is 11.2 Å². The summed E-state index contributed by atoms with van der Waals surface area (Å²) in [5.41, 5.74) is 0.970. The number of benzene rings is 2. The van der Waals surface area contributed by atoms with Crippen LogP contribution in [0.25, 0.3) is 0 Å². The van der Waals surface area contributed by atoms with E-state index >= 15 is 0 Å². The maximum Gasteiger partial charge on any atom is 0.165 e. The van der Waals surface area contributed by atoms with E-state index in [9.17, 15) is 4.39 Å². The maximum absolute atomic E-state index is 13.9. The van der Waals surface area contributed by atoms with E-state index in [1.807, 2.05) is 0 Å². The molecule has 0 atom stereocenters. The molecule has 0 bridgehead atoms. The van der Waals surface area contributed by atoms with Crippen LogP contribution < -0.4 is 4.74 Å². The zero-order valence-electron chi connectivity index (χ0n) is 13.0. The maximum atomic E-state index is 13.9. The van der Waals surface area contributed by atoms with E-state index in [0.29, 0.717) is 24.0 Å². The van der Waals surface area contributed by atoms with Crippen LogP contribution in [0.3, 0.4) is 0 Å². The molecule has 22 heavy (non-hydrogen) atoms. The van der Waals surface area contributed by atoms with Gasteiger partial charge in [0.25, 0.3) is 0 Å². The van der Waals surface area contributed by atoms with Gasteiger partial charge in [-0.05, 0) is 47.4 Å². The predicted octanol–water partition coefficient (Wildman–Crippen LogP) is 5.83. The average molecular weight is 323 g/mol. The summed E-state index contributed by atoms with van der Waals surface area (Å²) in [5, 5.41) is 0.608. The van der Waals surface area contributed by atoms with Gasteiger partial charge in [-0.15, -0.1) is 0 Å². The molecular weight excluding hydrogens is 303 g/mol. The first-order valence-electron chi connectivity index (χ1n) is 7.13. The number of rotatable bonds is 5. The van der Waals surface area contributed by atoms with Gasteiger partial charge in [-0.2, -0.15) is 0 Å². The summed E-state index contributed by atoms with van der Waals surface area (Å²) in [6, 6.07) is 11.5. The third kappa shape index (κ3) is 5.32. The minimum Gasteiger partial charge on any atom is -0.454 e. The molecule has 4 heteroatoms. The van der Waals surface area contributed by atoms with Crippen molar-refractivity contribution in [3.05, 3.63) is 58.9 Å². The van der Waals surface area contributed by atoms with Crippen LogP contribution in [0.15, 0.2) is 42.5 Å². The first-order valence-corrected chi connectivity index (χ1v) is 7.51. The standard InChI is InChI=1S/C18H20ClFO2/c1-18(2,3)12-21-11-13-4-9-16(20)17(10-13)22-15-7-5-14(19)6-8-15/h4-10H,11-12H2,1-3H3. The van der Waals surface area contributed by atoms with E-state index in [1.54, 1.807) is 36.4 Å². The highest BCUT2D eigenvalue weighted by Crippen LogP contribution is 2.27. The lowest BCUT2D eigenvalue weighted by atomic mass is 9.99. The lowest BCUT2D eigenvalue weighted by molar-refractivity contribution is 0.0598. The van der Waals surface area contributed by atoms with Crippen molar-refractivity contribution in [1.29, 1.82) is 0 Å². The van der Waals surface area contributed by atoms with Crippen LogP contribution in [-0.2, 0) is 11.3 Å². The van der Waals surface area contributed by atoms with E-state index in [1.165, 1.54) is 6.07 Å². The monoisotopic (exact) mass is 322 g/mol. The van der Waals surface area contributed by atoms with Gasteiger partial charge < -0.3 is 9.47 Å². The van der Waals surface area contributed by atoms with Crippen molar-refractivity contribution in [2.24, 2.45) is 5.41 Å². The number of halogens is 2. The Hall–Kier alpha value is -1.58. The summed E-state index contributed by atoms with van der Waals surface area (Å²) >= 11 is 5.82. The summed E-state index contributed by atoms with van der Waals surface area (Å²) in [5.74, 6) is 0.310. The summed E-state index contributed by atoms with van der Waals surface area (Å²) < 4.78 is 25.1. The molecule has 0 aliphatic heterocycles. The van der Waals surface area contributed by atoms with E-state index < -0.39 is 5.82 Å². The van der Waals surface area contributed by atoms with Crippen molar-refractivity contribution in [3.63, 3.8) is 0 Å². The third-order valence-electron chi connectivity index (χ3n) is 2.84. The molecule has 0 fully saturated rings. The third-order valence-corrected chi connectivity index (χ3v) is 3.09. The summed E-state index contributed by atoms with van der Waals surface area (Å²) in [6.45, 7) is 7.37. The molecule has 2 aromatic carbocycles. The molecule has 0 heterocycles. The van der Waals surface area contributed by atoms with Crippen molar-refractivity contribution in [2.75, 3.05) is 6.61 Å². The van der Waals surface area contributed by atoms with Crippen molar-refractivity contribution in [2.45, 2.75) is 27.4 Å². The first kappa shape index (κ1) is 16.8. The lowest BCUT2D eigenvalue weighted by Crippen LogP contribution is -2.14. The second-order valence-corrected chi connectivity index (χ2v) is 6.81. The molecular formula is C18H20ClFO2. The molecule has 0 spiro atoms. The lowest BCUT2D eigenvalue weighted by Gasteiger charge is -2.18. The highest BCUT2D eigenvalue weighted by molar-refractivity contribution is 6.30. The molecule has 0 unspecified atom stereocenters. The second-order valence-electron chi connectivity index (χ2n) is 6.37. The number of hydrogen-bond donors (Lipinski definition) is 0. The molecule has 2 aromatic rings. The van der Waals surface area contributed by atoms with Gasteiger partial charge in [-0.25, -0.2) is 4.39 Å². The SMILES string of the molecule is CC(C)(C)COCc1ccc(F)c(Oc2ccc(Cl)cc2)c1. The van der Waals surface area contributed by atoms with Crippen LogP contribution in [0.5, 0.6) is 11.5 Å². The van der Waals surface area contributed by atoms with E-state index in [4.69, 9.17) is 21.1 Å². The molecule has 2 nitrogen and oxygen atoms in total. The Kier molecular flexibility index (Phi) is 5.43. The molecule has 118 valence electrons. The average Bonchev–Trinajstić information content (AvgIpc) is 2.43. The van der Waals surface area contributed by atoms with Gasteiger partial charge >= 0.3 is 0 Å². The van der Waals surface area contributed by atoms with Gasteiger partial charge in [0.05, 0.1) is 13.2 Å². The highest BCUT2D eigenvalue weighted by Gasteiger charge is 2.11. The second kappa shape index (κ2) is 7.12. The molecule has 0 saturated carbocycles. The molecule has 0 N–H and O–H groups in total. The summed E-state index contributed by atoms with van der Waals surface area (Å²) in [7, 11) is 0. The zero-order valence-corrected chi connectivity index (χ0v) is 13.8. The van der Waals surface area contributed by atoms with E-state index in [-0.39, 0.29) is 11.2 Å². The Labute approximate surface area is 135 Å². The van der Waals surface area contributed by atoms with E-state index in [0.717, 1.165) is 5.56 Å². The number of hydrogen-bond acceptors (Lipinski definition) is 2. The molecule has 0 radical (unpaired) electrons. The zero-order chi connectivity index (χ0) is 16.2. The van der Waals surface area contributed by atoms with Crippen molar-refractivity contribution < 1.29 is 13.9 Å². The van der Waals surface area contributed by atoms with Crippen LogP contribution in [0.4, 0.5) is 4.39 Å². The van der Waals surface area contributed by atoms with Gasteiger partial charge in [0.1, 0.15) is 5.75 Å². The molecule has 0 aliphatic rings. The van der Waals surface area contributed by atoms with Gasteiger partial charge in [-0.3, -0.25) is 0 Å². The van der Waals surface area contributed by atoms with Crippen molar-refractivity contribution >= 4 is 11.6 Å². The highest BCUT2D eigenvalue weighted by atomic mass is 35.5. The van der Waals surface area contributed by atoms with Crippen LogP contribution in [0.1, 0.15) is 26.3 Å². The Morgan fingerprint density at radius 2 is 1.73 bits per heavy atom. The summed E-state index contributed by atoms with van der Waals surface area (Å²) in [6.07, 6.45) is 0. The fourth-order valence-electron chi connectivity index (χ4n) is 1.82. The minimum atomic E-state index is -0.408. The molecule has 2 rings (SSSR count). The molecule has 0 amide bonds. The van der Waals surface area contributed by atoms with Gasteiger partial charge in [-0.1, -0.05) is 38.4 Å². The number of ether oxygens (including phenoxy) is 2.